The third-order valence-corrected chi connectivity index (χ3v) is 20.4. The van der Waals surface area contributed by atoms with Crippen LogP contribution in [0.15, 0.2) is 0 Å². The van der Waals surface area contributed by atoms with Crippen LogP contribution in [0.25, 0.3) is 0 Å². The third-order valence-electron chi connectivity index (χ3n) is 20.4. The maximum absolute atomic E-state index is 14.3. The van der Waals surface area contributed by atoms with Crippen LogP contribution in [0.1, 0.15) is 193 Å². The molecule has 10 heterocycles. The molecule has 0 aliphatic carbocycles. The zero-order valence-electron chi connectivity index (χ0n) is 48.0. The average Bonchev–Trinajstić information content (AvgIpc) is 4.27. The minimum absolute atomic E-state index is 0.0364. The Morgan fingerprint density at radius 2 is 0.450 bits per heavy atom. The van der Waals surface area contributed by atoms with Crippen LogP contribution in [-0.4, -0.2) is 234 Å². The minimum atomic E-state index is -0.390. The van der Waals surface area contributed by atoms with Crippen LogP contribution < -0.4 is 0 Å². The van der Waals surface area contributed by atoms with Crippen LogP contribution >= 0.6 is 0 Å². The summed E-state index contributed by atoms with van der Waals surface area (Å²) in [6, 6.07) is -2.67. The summed E-state index contributed by atoms with van der Waals surface area (Å²) in [7, 11) is 0. The van der Waals surface area contributed by atoms with Crippen molar-refractivity contribution in [3.63, 3.8) is 0 Å². The average molecular weight is 1110 g/mol. The SMILES string of the molecule is CC(CC(CC(CC(CC(CC(CC(CC(CC(CCN1CCCC1=O)N1CCCC1=O)N1CCCC1=O)N1CCCC1=O)N1CCCC1=O)N1CCCC1=O)N1CCCC1=O)N1CCCC1=O)N1CCCC1=O)N1CCCC1=O. The molecule has 9 atom stereocenters. The predicted molar refractivity (Wildman–Crippen MR) is 296 cm³/mol. The van der Waals surface area contributed by atoms with Crippen molar-refractivity contribution in [2.75, 3.05) is 72.0 Å². The fraction of sp³-hybridized carbons (Fsp3) is 0.833. The quantitative estimate of drug-likeness (QED) is 0.110. The predicted octanol–water partition coefficient (Wildman–Crippen LogP) is 4.06. The highest BCUT2D eigenvalue weighted by Crippen LogP contribution is 2.37. The van der Waals surface area contributed by atoms with Crippen LogP contribution in [0.3, 0.4) is 0 Å². The summed E-state index contributed by atoms with van der Waals surface area (Å²) in [5.41, 5.74) is 0. The van der Waals surface area contributed by atoms with Crippen LogP contribution in [0.4, 0.5) is 0 Å². The highest BCUT2D eigenvalue weighted by molar-refractivity contribution is 5.83. The fourth-order valence-corrected chi connectivity index (χ4v) is 16.4. The van der Waals surface area contributed by atoms with Gasteiger partial charge in [0.15, 0.2) is 0 Å². The molecular formula is C60H92N10O10. The van der Waals surface area contributed by atoms with E-state index in [0.717, 1.165) is 38.5 Å². The van der Waals surface area contributed by atoms with Gasteiger partial charge >= 0.3 is 0 Å². The molecule has 0 spiro atoms. The summed E-state index contributed by atoms with van der Waals surface area (Å²) >= 11 is 0. The standard InChI is InChI=1S/C60H92N10O10/c1-42(62-24-3-13-52(62)72)34-44(64-26-5-15-54(64)74)36-46(66-28-7-17-56(66)76)38-48(68-30-9-19-58(68)78)40-50(70-32-11-21-60(70)80)41-49(69-31-10-20-59(69)79)39-47(67-29-8-18-57(67)77)37-45(65-27-6-16-55(65)75)35-43(63-25-4-14-53(63)73)22-33-61-23-2-12-51(61)71/h42-50H,2-41H2,1H3. The molecule has 10 aliphatic rings. The molecule has 20 heteroatoms. The van der Waals surface area contributed by atoms with Crippen LogP contribution in [0.5, 0.6) is 0 Å². The molecule has 0 bridgehead atoms. The lowest BCUT2D eigenvalue weighted by Crippen LogP contribution is -2.53. The number of hydrogen-bond donors (Lipinski definition) is 0. The van der Waals surface area contributed by atoms with Crippen LogP contribution in [-0.2, 0) is 47.9 Å². The molecule has 0 aromatic rings. The second-order valence-corrected chi connectivity index (χ2v) is 25.5. The van der Waals surface area contributed by atoms with Gasteiger partial charge in [0.25, 0.3) is 0 Å². The van der Waals surface area contributed by atoms with Crippen molar-refractivity contribution in [3.05, 3.63) is 0 Å². The zero-order valence-corrected chi connectivity index (χ0v) is 48.0. The minimum Gasteiger partial charge on any atom is -0.343 e. The monoisotopic (exact) mass is 1110 g/mol. The number of carbonyl (C=O) groups excluding carboxylic acids is 10. The van der Waals surface area contributed by atoms with E-state index in [9.17, 15) is 47.9 Å². The lowest BCUT2D eigenvalue weighted by atomic mass is 9.86. The first kappa shape index (κ1) is 57.9. The highest BCUT2D eigenvalue weighted by atomic mass is 16.2. The van der Waals surface area contributed by atoms with Crippen molar-refractivity contribution >= 4 is 59.1 Å². The highest BCUT2D eigenvalue weighted by Gasteiger charge is 2.45. The van der Waals surface area contributed by atoms with E-state index in [1.807, 2.05) is 49.0 Å². The summed E-state index contributed by atoms with van der Waals surface area (Å²) in [4.78, 5) is 158. The van der Waals surface area contributed by atoms with Gasteiger partial charge in [-0.05, 0) is 129 Å². The molecule has 10 aliphatic heterocycles. The Hall–Kier alpha value is -5.30. The van der Waals surface area contributed by atoms with Gasteiger partial charge in [-0.3, -0.25) is 47.9 Å². The summed E-state index contributed by atoms with van der Waals surface area (Å²) in [6.45, 7) is 8.58. The first-order valence-electron chi connectivity index (χ1n) is 31.6. The molecule has 10 fully saturated rings. The fourth-order valence-electron chi connectivity index (χ4n) is 16.4. The third kappa shape index (κ3) is 13.3. The van der Waals surface area contributed by atoms with Crippen molar-refractivity contribution < 1.29 is 47.9 Å². The normalized spacial score (nSPS) is 25.9. The van der Waals surface area contributed by atoms with Crippen molar-refractivity contribution in [1.82, 2.24) is 49.0 Å². The first-order valence-corrected chi connectivity index (χ1v) is 31.6. The van der Waals surface area contributed by atoms with E-state index < -0.39 is 6.04 Å². The van der Waals surface area contributed by atoms with E-state index in [1.165, 1.54) is 0 Å². The van der Waals surface area contributed by atoms with E-state index in [0.29, 0.717) is 220 Å². The molecule has 80 heavy (non-hydrogen) atoms. The largest absolute Gasteiger partial charge is 0.343 e. The van der Waals surface area contributed by atoms with E-state index in [4.69, 9.17) is 0 Å². The van der Waals surface area contributed by atoms with Gasteiger partial charge in [0, 0.05) is 191 Å². The molecule has 0 aromatic heterocycles. The molecule has 0 N–H and O–H groups in total. The number of hydrogen-bond acceptors (Lipinski definition) is 10. The molecule has 10 amide bonds. The van der Waals surface area contributed by atoms with Gasteiger partial charge in [0.1, 0.15) is 0 Å². The molecule has 10 saturated heterocycles. The lowest BCUT2D eigenvalue weighted by Gasteiger charge is -2.43. The molecule has 9 unspecified atom stereocenters. The van der Waals surface area contributed by atoms with E-state index in [2.05, 4.69) is 6.92 Å². The Kier molecular flexibility index (Phi) is 19.0. The van der Waals surface area contributed by atoms with Gasteiger partial charge in [0.05, 0.1) is 0 Å². The Bertz CT molecular complexity index is 2340. The van der Waals surface area contributed by atoms with Gasteiger partial charge in [-0.1, -0.05) is 0 Å². The second-order valence-electron chi connectivity index (χ2n) is 25.5. The molecule has 0 saturated carbocycles. The number of likely N-dealkylation sites (tertiary alicyclic amines) is 10. The maximum atomic E-state index is 14.3. The number of nitrogens with zero attached hydrogens (tertiary/aromatic N) is 10. The molecule has 20 nitrogen and oxygen atoms in total. The smallest absolute Gasteiger partial charge is 0.222 e. The van der Waals surface area contributed by atoms with Gasteiger partial charge in [0.2, 0.25) is 59.1 Å². The van der Waals surface area contributed by atoms with Crippen molar-refractivity contribution in [1.29, 1.82) is 0 Å². The second kappa shape index (κ2) is 26.3. The van der Waals surface area contributed by atoms with Crippen LogP contribution in [0.2, 0.25) is 0 Å². The Balaban J connectivity index is 0.964. The van der Waals surface area contributed by atoms with E-state index >= 15 is 0 Å². The van der Waals surface area contributed by atoms with Crippen LogP contribution in [0, 0.1) is 0 Å². The van der Waals surface area contributed by atoms with E-state index in [-0.39, 0.29) is 107 Å². The van der Waals surface area contributed by atoms with Gasteiger partial charge in [-0.2, -0.15) is 0 Å². The lowest BCUT2D eigenvalue weighted by molar-refractivity contribution is -0.135. The Morgan fingerprint density at radius 1 is 0.250 bits per heavy atom. The summed E-state index contributed by atoms with van der Waals surface area (Å²) in [5, 5.41) is 0. The Labute approximate surface area is 473 Å². The molecular weight excluding hydrogens is 1020 g/mol. The number of amides is 10. The van der Waals surface area contributed by atoms with Gasteiger partial charge in [-0.25, -0.2) is 0 Å². The van der Waals surface area contributed by atoms with Crippen molar-refractivity contribution in [2.24, 2.45) is 0 Å². The summed E-state index contributed by atoms with van der Waals surface area (Å²) < 4.78 is 0. The van der Waals surface area contributed by atoms with Gasteiger partial charge in [-0.15, -0.1) is 0 Å². The first-order chi connectivity index (χ1) is 38.7. The topological polar surface area (TPSA) is 203 Å². The molecule has 0 aromatic carbocycles. The van der Waals surface area contributed by atoms with Gasteiger partial charge < -0.3 is 49.0 Å². The number of carbonyl (C=O) groups is 10. The summed E-state index contributed by atoms with van der Waals surface area (Å²) in [5.74, 6) is 0.731. The van der Waals surface area contributed by atoms with E-state index in [1.54, 1.807) is 0 Å². The molecule has 0 radical (unpaired) electrons. The summed E-state index contributed by atoms with van der Waals surface area (Å²) in [6.07, 6.45) is 16.2. The van der Waals surface area contributed by atoms with Crippen molar-refractivity contribution in [3.8, 4) is 0 Å². The number of rotatable bonds is 28. The Morgan fingerprint density at radius 3 is 0.675 bits per heavy atom. The zero-order chi connectivity index (χ0) is 56.0. The molecule has 442 valence electrons. The maximum Gasteiger partial charge on any atom is 0.222 e. The molecule has 10 rings (SSSR count). The van der Waals surface area contributed by atoms with Crippen molar-refractivity contribution in [2.45, 2.75) is 248 Å².